The van der Waals surface area contributed by atoms with E-state index in [-0.39, 0.29) is 12.3 Å². The van der Waals surface area contributed by atoms with Crippen LogP contribution < -0.4 is 5.32 Å². The van der Waals surface area contributed by atoms with Crippen LogP contribution in [0, 0.1) is 10.1 Å². The molecule has 108 valence electrons. The first-order chi connectivity index (χ1) is 10.1. The van der Waals surface area contributed by atoms with Gasteiger partial charge in [0.2, 0.25) is 0 Å². The second-order valence-electron chi connectivity index (χ2n) is 4.42. The Balaban J connectivity index is 2.11. The molecule has 0 saturated carbocycles. The summed E-state index contributed by atoms with van der Waals surface area (Å²) in [5, 5.41) is 22.6. The van der Waals surface area contributed by atoms with Crippen molar-refractivity contribution >= 4 is 11.6 Å². The molecule has 6 nitrogen and oxygen atoms in total. The van der Waals surface area contributed by atoms with Gasteiger partial charge in [0.25, 0.3) is 11.6 Å². The van der Waals surface area contributed by atoms with Gasteiger partial charge in [-0.3, -0.25) is 14.9 Å². The summed E-state index contributed by atoms with van der Waals surface area (Å²) in [5.74, 6) is -0.396. The molecule has 1 amide bonds. The number of aliphatic hydroxyl groups excluding tert-OH is 1. The Morgan fingerprint density at radius 2 is 1.76 bits per heavy atom. The molecule has 2 rings (SSSR count). The Kier molecular flexibility index (Phi) is 4.63. The Labute approximate surface area is 121 Å². The predicted octanol–water partition coefficient (Wildman–Crippen LogP) is 2.06. The minimum absolute atomic E-state index is 0.0756. The van der Waals surface area contributed by atoms with Crippen LogP contribution in [0.5, 0.6) is 0 Å². The molecule has 0 spiro atoms. The summed E-state index contributed by atoms with van der Waals surface area (Å²) < 4.78 is 0. The van der Waals surface area contributed by atoms with Crippen molar-refractivity contribution in [1.29, 1.82) is 0 Å². The number of hydrogen-bond donors (Lipinski definition) is 2. The topological polar surface area (TPSA) is 92.5 Å². The summed E-state index contributed by atoms with van der Waals surface area (Å²) in [5.41, 5.74) is 1.01. The van der Waals surface area contributed by atoms with E-state index in [1.165, 1.54) is 24.3 Å². The first kappa shape index (κ1) is 14.7. The lowest BCUT2D eigenvalue weighted by Gasteiger charge is -2.16. The molecule has 0 radical (unpaired) electrons. The predicted molar refractivity (Wildman–Crippen MR) is 76.8 cm³/mol. The summed E-state index contributed by atoms with van der Waals surface area (Å²) in [6, 6.07) is 13.9. The van der Waals surface area contributed by atoms with Gasteiger partial charge in [-0.25, -0.2) is 0 Å². The van der Waals surface area contributed by atoms with E-state index in [9.17, 15) is 20.0 Å². The van der Waals surface area contributed by atoms with Gasteiger partial charge in [0.1, 0.15) is 0 Å². The maximum absolute atomic E-state index is 12.1. The lowest BCUT2D eigenvalue weighted by atomic mass is 10.1. The van der Waals surface area contributed by atoms with Gasteiger partial charge >= 0.3 is 0 Å². The van der Waals surface area contributed by atoms with Crippen LogP contribution in [0.15, 0.2) is 54.6 Å². The van der Waals surface area contributed by atoms with Gasteiger partial charge in [0.05, 0.1) is 17.6 Å². The summed E-state index contributed by atoms with van der Waals surface area (Å²) in [6.45, 7) is -0.233. The van der Waals surface area contributed by atoms with E-state index in [4.69, 9.17) is 0 Å². The third-order valence-electron chi connectivity index (χ3n) is 3.03. The van der Waals surface area contributed by atoms with Gasteiger partial charge in [-0.15, -0.1) is 0 Å². The van der Waals surface area contributed by atoms with Gasteiger partial charge in [-0.1, -0.05) is 30.3 Å². The van der Waals surface area contributed by atoms with Crippen LogP contribution in [0.2, 0.25) is 0 Å². The number of rotatable bonds is 5. The summed E-state index contributed by atoms with van der Waals surface area (Å²) >= 11 is 0. The maximum Gasteiger partial charge on any atom is 0.269 e. The molecule has 0 aromatic heterocycles. The van der Waals surface area contributed by atoms with Crippen LogP contribution in [0.4, 0.5) is 5.69 Å². The number of benzene rings is 2. The van der Waals surface area contributed by atoms with Gasteiger partial charge in [0.15, 0.2) is 0 Å². The molecule has 0 fully saturated rings. The van der Waals surface area contributed by atoms with Gasteiger partial charge < -0.3 is 10.4 Å². The number of hydrogen-bond acceptors (Lipinski definition) is 4. The Hall–Kier alpha value is -2.73. The number of nitrogens with zero attached hydrogens (tertiary/aromatic N) is 1. The monoisotopic (exact) mass is 286 g/mol. The third-order valence-corrected chi connectivity index (χ3v) is 3.03. The molecule has 2 aromatic carbocycles. The van der Waals surface area contributed by atoms with Crippen LogP contribution in [-0.2, 0) is 0 Å². The lowest BCUT2D eigenvalue weighted by molar-refractivity contribution is -0.384. The van der Waals surface area contributed by atoms with Crippen LogP contribution in [0.25, 0.3) is 0 Å². The quantitative estimate of drug-likeness (QED) is 0.650. The van der Waals surface area contributed by atoms with Crippen molar-refractivity contribution in [3.63, 3.8) is 0 Å². The number of carbonyl (C=O) groups is 1. The van der Waals surface area contributed by atoms with Crippen molar-refractivity contribution < 1.29 is 14.8 Å². The zero-order chi connectivity index (χ0) is 15.2. The molecule has 0 aliphatic rings. The molecule has 0 unspecified atom stereocenters. The number of amides is 1. The van der Waals surface area contributed by atoms with E-state index in [2.05, 4.69) is 5.32 Å². The van der Waals surface area contributed by atoms with E-state index >= 15 is 0 Å². The van der Waals surface area contributed by atoms with Crippen molar-refractivity contribution in [2.45, 2.75) is 6.04 Å². The molecule has 6 heteroatoms. The maximum atomic E-state index is 12.1. The van der Waals surface area contributed by atoms with Gasteiger partial charge in [-0.05, 0) is 17.7 Å². The highest BCUT2D eigenvalue weighted by molar-refractivity contribution is 5.94. The minimum Gasteiger partial charge on any atom is -0.394 e. The van der Waals surface area contributed by atoms with Gasteiger partial charge in [-0.2, -0.15) is 0 Å². The van der Waals surface area contributed by atoms with Crippen LogP contribution in [0.3, 0.4) is 0 Å². The molecule has 21 heavy (non-hydrogen) atoms. The molecule has 1 atom stereocenters. The average Bonchev–Trinajstić information content (AvgIpc) is 2.53. The van der Waals surface area contributed by atoms with Crippen LogP contribution in [-0.4, -0.2) is 22.5 Å². The van der Waals surface area contributed by atoms with Crippen molar-refractivity contribution in [3.8, 4) is 0 Å². The molecule has 0 aliphatic heterocycles. The standard InChI is InChI=1S/C15H14N2O4/c18-10-14(11-4-2-1-3-5-11)16-15(19)12-6-8-13(9-7-12)17(20)21/h1-9,14,18H,10H2,(H,16,19)/t14-/m1/s1. The van der Waals surface area contributed by atoms with Gasteiger partial charge in [0, 0.05) is 17.7 Å². The van der Waals surface area contributed by atoms with Crippen molar-refractivity contribution in [2.24, 2.45) is 0 Å². The van der Waals surface area contributed by atoms with E-state index in [1.807, 2.05) is 18.2 Å². The zero-order valence-corrected chi connectivity index (χ0v) is 11.1. The molecule has 2 N–H and O–H groups in total. The number of non-ortho nitro benzene ring substituents is 1. The normalized spacial score (nSPS) is 11.7. The van der Waals surface area contributed by atoms with Crippen molar-refractivity contribution in [2.75, 3.05) is 6.61 Å². The number of aliphatic hydroxyl groups is 1. The van der Waals surface area contributed by atoms with Crippen molar-refractivity contribution in [3.05, 3.63) is 75.8 Å². The molecule has 0 bridgehead atoms. The highest BCUT2D eigenvalue weighted by Gasteiger charge is 2.15. The lowest BCUT2D eigenvalue weighted by Crippen LogP contribution is -2.30. The van der Waals surface area contributed by atoms with E-state index < -0.39 is 16.9 Å². The van der Waals surface area contributed by atoms with E-state index in [0.717, 1.165) is 5.56 Å². The second-order valence-corrected chi connectivity index (χ2v) is 4.42. The molecule has 0 heterocycles. The largest absolute Gasteiger partial charge is 0.394 e. The number of nitro groups is 1. The fourth-order valence-electron chi connectivity index (χ4n) is 1.90. The highest BCUT2D eigenvalue weighted by Crippen LogP contribution is 2.15. The second kappa shape index (κ2) is 6.62. The number of nitro benzene ring substituents is 1. The third kappa shape index (κ3) is 3.64. The smallest absolute Gasteiger partial charge is 0.269 e. The van der Waals surface area contributed by atoms with Crippen molar-refractivity contribution in [1.82, 2.24) is 5.32 Å². The van der Waals surface area contributed by atoms with E-state index in [0.29, 0.717) is 5.56 Å². The van der Waals surface area contributed by atoms with E-state index in [1.54, 1.807) is 12.1 Å². The molecule has 0 aliphatic carbocycles. The number of carbonyl (C=O) groups excluding carboxylic acids is 1. The first-order valence-electron chi connectivity index (χ1n) is 6.33. The SMILES string of the molecule is O=C(N[C@H](CO)c1ccccc1)c1ccc([N+](=O)[O-])cc1. The Bertz CT molecular complexity index is 626. The minimum atomic E-state index is -0.526. The fourth-order valence-corrected chi connectivity index (χ4v) is 1.90. The summed E-state index contributed by atoms with van der Waals surface area (Å²) in [4.78, 5) is 22.1. The zero-order valence-electron chi connectivity index (χ0n) is 11.1. The van der Waals surface area contributed by atoms with Crippen LogP contribution >= 0.6 is 0 Å². The summed E-state index contributed by atoms with van der Waals surface area (Å²) in [6.07, 6.45) is 0. The first-order valence-corrected chi connectivity index (χ1v) is 6.33. The molecular weight excluding hydrogens is 272 g/mol. The Morgan fingerprint density at radius 3 is 2.29 bits per heavy atom. The fraction of sp³-hybridized carbons (Fsp3) is 0.133. The average molecular weight is 286 g/mol. The molecule has 2 aromatic rings. The number of nitrogens with one attached hydrogen (secondary N) is 1. The molecular formula is C15H14N2O4. The Morgan fingerprint density at radius 1 is 1.14 bits per heavy atom. The highest BCUT2D eigenvalue weighted by atomic mass is 16.6. The molecule has 0 saturated heterocycles. The summed E-state index contributed by atoms with van der Waals surface area (Å²) in [7, 11) is 0. The van der Waals surface area contributed by atoms with Crippen LogP contribution in [0.1, 0.15) is 22.0 Å².